The van der Waals surface area contributed by atoms with Crippen LogP contribution in [0.3, 0.4) is 0 Å². The van der Waals surface area contributed by atoms with Crippen LogP contribution in [0.15, 0.2) is 59.2 Å². The average molecular weight is 328 g/mol. The third-order valence-electron chi connectivity index (χ3n) is 3.18. The molecule has 0 bridgehead atoms. The summed E-state index contributed by atoms with van der Waals surface area (Å²) in [6.07, 6.45) is 1.82. The van der Waals surface area contributed by atoms with Crippen LogP contribution in [0.4, 0.5) is 11.4 Å². The molecule has 0 atom stereocenters. The maximum Gasteiger partial charge on any atom is 0.0751 e. The molecule has 3 nitrogen and oxygen atoms in total. The van der Waals surface area contributed by atoms with E-state index in [-0.39, 0.29) is 0 Å². The summed E-state index contributed by atoms with van der Waals surface area (Å²) in [6, 6.07) is 16.0. The van der Waals surface area contributed by atoms with Crippen molar-refractivity contribution in [2.45, 2.75) is 6.54 Å². The molecule has 3 aromatic rings. The van der Waals surface area contributed by atoms with Crippen molar-refractivity contribution in [3.63, 3.8) is 0 Å². The van der Waals surface area contributed by atoms with Gasteiger partial charge in [-0.25, -0.2) is 0 Å². The third kappa shape index (κ3) is 2.60. The van der Waals surface area contributed by atoms with E-state index in [0.717, 1.165) is 33.3 Å². The zero-order valence-electron chi connectivity index (χ0n) is 10.8. The molecular formula is C16H14BrN3. The van der Waals surface area contributed by atoms with Crippen molar-refractivity contribution in [2.75, 3.05) is 11.1 Å². The van der Waals surface area contributed by atoms with E-state index in [1.807, 2.05) is 30.5 Å². The molecule has 3 rings (SSSR count). The molecule has 0 radical (unpaired) electrons. The van der Waals surface area contributed by atoms with Crippen molar-refractivity contribution < 1.29 is 0 Å². The summed E-state index contributed by atoms with van der Waals surface area (Å²) in [7, 11) is 0. The van der Waals surface area contributed by atoms with Crippen LogP contribution < -0.4 is 11.1 Å². The Balaban J connectivity index is 1.87. The minimum Gasteiger partial charge on any atom is -0.399 e. The second-order valence-electron chi connectivity index (χ2n) is 4.59. The van der Waals surface area contributed by atoms with E-state index in [4.69, 9.17) is 5.73 Å². The van der Waals surface area contributed by atoms with Crippen molar-refractivity contribution in [3.8, 4) is 0 Å². The summed E-state index contributed by atoms with van der Waals surface area (Å²) in [4.78, 5) is 4.46. The zero-order chi connectivity index (χ0) is 13.9. The molecular weight excluding hydrogens is 314 g/mol. The van der Waals surface area contributed by atoms with Crippen LogP contribution in [0.5, 0.6) is 0 Å². The van der Waals surface area contributed by atoms with E-state index in [2.05, 4.69) is 50.5 Å². The van der Waals surface area contributed by atoms with Gasteiger partial charge in [0.05, 0.1) is 5.52 Å². The van der Waals surface area contributed by atoms with Crippen molar-refractivity contribution in [1.29, 1.82) is 0 Å². The molecule has 20 heavy (non-hydrogen) atoms. The fourth-order valence-electron chi connectivity index (χ4n) is 2.18. The number of benzene rings is 2. The number of anilines is 2. The number of nitrogens with one attached hydrogen (secondary N) is 1. The van der Waals surface area contributed by atoms with Crippen LogP contribution >= 0.6 is 15.9 Å². The van der Waals surface area contributed by atoms with Crippen LogP contribution in [0, 0.1) is 0 Å². The van der Waals surface area contributed by atoms with E-state index in [9.17, 15) is 0 Å². The van der Waals surface area contributed by atoms with Crippen molar-refractivity contribution in [2.24, 2.45) is 0 Å². The van der Waals surface area contributed by atoms with Gasteiger partial charge in [-0.2, -0.15) is 0 Å². The van der Waals surface area contributed by atoms with Gasteiger partial charge in [-0.1, -0.05) is 24.3 Å². The minimum absolute atomic E-state index is 0.719. The van der Waals surface area contributed by atoms with Gasteiger partial charge >= 0.3 is 0 Å². The van der Waals surface area contributed by atoms with Crippen molar-refractivity contribution >= 4 is 38.2 Å². The molecule has 3 N–H and O–H groups in total. The molecule has 0 saturated heterocycles. The monoisotopic (exact) mass is 327 g/mol. The number of hydrogen-bond acceptors (Lipinski definition) is 3. The molecule has 0 amide bonds. The molecule has 0 aliphatic heterocycles. The largest absolute Gasteiger partial charge is 0.399 e. The van der Waals surface area contributed by atoms with Gasteiger partial charge < -0.3 is 11.1 Å². The number of nitrogens with two attached hydrogens (primary N) is 1. The lowest BCUT2D eigenvalue weighted by atomic mass is 10.1. The summed E-state index contributed by atoms with van der Waals surface area (Å²) in [5.41, 5.74) is 9.72. The molecule has 0 fully saturated rings. The van der Waals surface area contributed by atoms with E-state index in [1.165, 1.54) is 5.56 Å². The van der Waals surface area contributed by atoms with E-state index >= 15 is 0 Å². The Bertz CT molecular complexity index is 750. The number of pyridine rings is 1. The second kappa shape index (κ2) is 5.51. The van der Waals surface area contributed by atoms with Gasteiger partial charge in [0.15, 0.2) is 0 Å². The van der Waals surface area contributed by atoms with Gasteiger partial charge in [-0.05, 0) is 45.8 Å². The Morgan fingerprint density at radius 1 is 1.10 bits per heavy atom. The van der Waals surface area contributed by atoms with Gasteiger partial charge in [-0.15, -0.1) is 0 Å². The highest BCUT2D eigenvalue weighted by Gasteiger charge is 2.03. The van der Waals surface area contributed by atoms with Crippen molar-refractivity contribution in [3.05, 3.63) is 64.8 Å². The van der Waals surface area contributed by atoms with E-state index in [1.54, 1.807) is 0 Å². The Morgan fingerprint density at radius 3 is 2.80 bits per heavy atom. The lowest BCUT2D eigenvalue weighted by Gasteiger charge is -2.10. The first-order valence-electron chi connectivity index (χ1n) is 6.35. The molecule has 0 unspecified atom stereocenters. The summed E-state index contributed by atoms with van der Waals surface area (Å²) in [5.74, 6) is 0. The summed E-state index contributed by atoms with van der Waals surface area (Å²) in [5, 5.41) is 4.56. The first kappa shape index (κ1) is 12.9. The highest BCUT2D eigenvalue weighted by Crippen LogP contribution is 2.26. The highest BCUT2D eigenvalue weighted by molar-refractivity contribution is 9.10. The van der Waals surface area contributed by atoms with Crippen LogP contribution in [-0.2, 0) is 6.54 Å². The van der Waals surface area contributed by atoms with Crippen LogP contribution in [0.2, 0.25) is 0 Å². The van der Waals surface area contributed by atoms with E-state index < -0.39 is 0 Å². The minimum atomic E-state index is 0.719. The van der Waals surface area contributed by atoms with Crippen LogP contribution in [0.25, 0.3) is 10.9 Å². The molecule has 2 aromatic carbocycles. The van der Waals surface area contributed by atoms with Crippen LogP contribution in [0.1, 0.15) is 5.56 Å². The van der Waals surface area contributed by atoms with E-state index in [0.29, 0.717) is 0 Å². The fraction of sp³-hybridized carbons (Fsp3) is 0.0625. The molecule has 1 aromatic heterocycles. The predicted molar refractivity (Wildman–Crippen MR) is 87.6 cm³/mol. The number of halogens is 1. The number of rotatable bonds is 3. The van der Waals surface area contributed by atoms with Gasteiger partial charge in [-0.3, -0.25) is 4.98 Å². The van der Waals surface area contributed by atoms with Gasteiger partial charge in [0, 0.05) is 34.0 Å². The number of para-hydroxylation sites is 1. The van der Waals surface area contributed by atoms with Gasteiger partial charge in [0.1, 0.15) is 0 Å². The standard InChI is InChI=1S/C16H14BrN3/c17-14-9-13(18)6-7-15(14)20-10-12-4-1-3-11-5-2-8-19-16(11)12/h1-9,20H,10,18H2. The summed E-state index contributed by atoms with van der Waals surface area (Å²) in [6.45, 7) is 0.719. The Labute approximate surface area is 126 Å². The molecule has 0 aliphatic carbocycles. The third-order valence-corrected chi connectivity index (χ3v) is 3.83. The smallest absolute Gasteiger partial charge is 0.0751 e. The molecule has 0 saturated carbocycles. The molecule has 1 heterocycles. The summed E-state index contributed by atoms with van der Waals surface area (Å²) < 4.78 is 0.964. The molecule has 100 valence electrons. The maximum atomic E-state index is 5.74. The topological polar surface area (TPSA) is 50.9 Å². The maximum absolute atomic E-state index is 5.74. The van der Waals surface area contributed by atoms with Gasteiger partial charge in [0.2, 0.25) is 0 Å². The zero-order valence-corrected chi connectivity index (χ0v) is 12.4. The Kier molecular flexibility index (Phi) is 3.56. The first-order chi connectivity index (χ1) is 9.74. The molecule has 4 heteroatoms. The SMILES string of the molecule is Nc1ccc(NCc2cccc3cccnc23)c(Br)c1. The number of nitrogen functional groups attached to an aromatic ring is 1. The Morgan fingerprint density at radius 2 is 1.95 bits per heavy atom. The number of hydrogen-bond donors (Lipinski definition) is 2. The average Bonchev–Trinajstić information content (AvgIpc) is 2.46. The Hall–Kier alpha value is -2.07. The lowest BCUT2D eigenvalue weighted by Crippen LogP contribution is -2.01. The predicted octanol–water partition coefficient (Wildman–Crippen LogP) is 4.19. The molecule has 0 aliphatic rings. The second-order valence-corrected chi connectivity index (χ2v) is 5.44. The summed E-state index contributed by atoms with van der Waals surface area (Å²) >= 11 is 3.51. The number of nitrogens with zero attached hydrogens (tertiary/aromatic N) is 1. The quantitative estimate of drug-likeness (QED) is 0.709. The number of aromatic nitrogens is 1. The first-order valence-corrected chi connectivity index (χ1v) is 7.15. The molecule has 0 spiro atoms. The lowest BCUT2D eigenvalue weighted by molar-refractivity contribution is 1.15. The highest BCUT2D eigenvalue weighted by atomic mass is 79.9. The normalized spacial score (nSPS) is 10.7. The fourth-order valence-corrected chi connectivity index (χ4v) is 2.71. The van der Waals surface area contributed by atoms with Crippen molar-refractivity contribution in [1.82, 2.24) is 4.98 Å². The van der Waals surface area contributed by atoms with Gasteiger partial charge in [0.25, 0.3) is 0 Å². The van der Waals surface area contributed by atoms with Crippen LogP contribution in [-0.4, -0.2) is 4.98 Å². The number of fused-ring (bicyclic) bond motifs is 1.